The van der Waals surface area contributed by atoms with E-state index < -0.39 is 5.60 Å². The lowest BCUT2D eigenvalue weighted by Gasteiger charge is -2.42. The first-order valence-corrected chi connectivity index (χ1v) is 3.52. The van der Waals surface area contributed by atoms with Crippen LogP contribution in [0.1, 0.15) is 26.7 Å². The van der Waals surface area contributed by atoms with Gasteiger partial charge in [-0.2, -0.15) is 0 Å². The van der Waals surface area contributed by atoms with Crippen molar-refractivity contribution in [1.82, 2.24) is 5.32 Å². The molecule has 0 aromatic carbocycles. The standard InChI is InChI=1S/C7H13NO2/c1-5(9)8-6-3-4-7(6,2)10/h6,10H,3-4H2,1-2H3,(H,8,9). The molecule has 0 aromatic rings. The van der Waals surface area contributed by atoms with Crippen LogP contribution in [0.15, 0.2) is 0 Å². The van der Waals surface area contributed by atoms with Crippen LogP contribution in [0.25, 0.3) is 0 Å². The van der Waals surface area contributed by atoms with Gasteiger partial charge >= 0.3 is 0 Å². The molecule has 0 heterocycles. The minimum atomic E-state index is -0.661. The quantitative estimate of drug-likeness (QED) is 0.544. The van der Waals surface area contributed by atoms with Crippen LogP contribution in [0.2, 0.25) is 0 Å². The molecule has 1 rings (SSSR count). The molecule has 3 heteroatoms. The minimum Gasteiger partial charge on any atom is -0.388 e. The van der Waals surface area contributed by atoms with Gasteiger partial charge in [-0.25, -0.2) is 0 Å². The van der Waals surface area contributed by atoms with Crippen LogP contribution < -0.4 is 5.32 Å². The fourth-order valence-corrected chi connectivity index (χ4v) is 1.18. The Labute approximate surface area is 60.4 Å². The van der Waals surface area contributed by atoms with E-state index >= 15 is 0 Å². The maximum atomic E-state index is 10.5. The Balaban J connectivity index is 2.37. The lowest BCUT2D eigenvalue weighted by Crippen LogP contribution is -2.58. The summed E-state index contributed by atoms with van der Waals surface area (Å²) in [5.41, 5.74) is -0.661. The van der Waals surface area contributed by atoms with Gasteiger partial charge in [0.25, 0.3) is 0 Å². The first kappa shape index (κ1) is 7.54. The normalized spacial score (nSPS) is 38.5. The van der Waals surface area contributed by atoms with E-state index in [1.165, 1.54) is 6.92 Å². The summed E-state index contributed by atoms with van der Waals surface area (Å²) in [5, 5.41) is 12.1. The molecule has 0 spiro atoms. The summed E-state index contributed by atoms with van der Waals surface area (Å²) in [6.45, 7) is 3.21. The molecule has 0 bridgehead atoms. The minimum absolute atomic E-state index is 0.0231. The summed E-state index contributed by atoms with van der Waals surface area (Å²) in [6, 6.07) is -0.0231. The van der Waals surface area contributed by atoms with Crippen molar-refractivity contribution >= 4 is 5.91 Å². The van der Waals surface area contributed by atoms with E-state index in [1.807, 2.05) is 0 Å². The molecule has 1 aliphatic rings. The molecule has 1 amide bonds. The zero-order chi connectivity index (χ0) is 7.78. The van der Waals surface area contributed by atoms with Gasteiger partial charge in [0.2, 0.25) is 5.91 Å². The first-order valence-electron chi connectivity index (χ1n) is 3.52. The number of amides is 1. The van der Waals surface area contributed by atoms with Gasteiger partial charge in [0, 0.05) is 6.92 Å². The van der Waals surface area contributed by atoms with Gasteiger partial charge in [-0.05, 0) is 19.8 Å². The molecule has 1 aliphatic carbocycles. The fraction of sp³-hybridized carbons (Fsp3) is 0.857. The third kappa shape index (κ3) is 1.29. The molecule has 0 saturated heterocycles. The second-order valence-corrected chi connectivity index (χ2v) is 3.15. The summed E-state index contributed by atoms with van der Waals surface area (Å²) in [6.07, 6.45) is 1.69. The van der Waals surface area contributed by atoms with Gasteiger partial charge in [0.1, 0.15) is 0 Å². The maximum Gasteiger partial charge on any atom is 0.217 e. The number of nitrogens with one attached hydrogen (secondary N) is 1. The zero-order valence-electron chi connectivity index (χ0n) is 6.35. The average molecular weight is 143 g/mol. The largest absolute Gasteiger partial charge is 0.388 e. The average Bonchev–Trinajstić information content (AvgIpc) is 1.81. The zero-order valence-corrected chi connectivity index (χ0v) is 6.35. The van der Waals surface area contributed by atoms with Crippen LogP contribution >= 0.6 is 0 Å². The summed E-state index contributed by atoms with van der Waals surface area (Å²) < 4.78 is 0. The van der Waals surface area contributed by atoms with Crippen LogP contribution in [-0.2, 0) is 4.79 Å². The SMILES string of the molecule is CC(=O)NC1CCC1(C)O. The van der Waals surface area contributed by atoms with Crippen molar-refractivity contribution < 1.29 is 9.90 Å². The van der Waals surface area contributed by atoms with E-state index in [9.17, 15) is 9.90 Å². The van der Waals surface area contributed by atoms with Crippen molar-refractivity contribution in [3.05, 3.63) is 0 Å². The lowest BCUT2D eigenvalue weighted by atomic mass is 9.76. The van der Waals surface area contributed by atoms with Crippen molar-refractivity contribution in [1.29, 1.82) is 0 Å². The molecular formula is C7H13NO2. The Morgan fingerprint density at radius 1 is 1.80 bits per heavy atom. The molecule has 0 radical (unpaired) electrons. The second kappa shape index (κ2) is 2.23. The predicted molar refractivity (Wildman–Crippen MR) is 37.5 cm³/mol. The topological polar surface area (TPSA) is 49.3 Å². The highest BCUT2D eigenvalue weighted by atomic mass is 16.3. The molecule has 10 heavy (non-hydrogen) atoms. The van der Waals surface area contributed by atoms with E-state index in [0.717, 1.165) is 12.8 Å². The highest BCUT2D eigenvalue weighted by molar-refractivity contribution is 5.73. The Morgan fingerprint density at radius 2 is 2.40 bits per heavy atom. The van der Waals surface area contributed by atoms with Gasteiger partial charge in [0.15, 0.2) is 0 Å². The highest BCUT2D eigenvalue weighted by Gasteiger charge is 2.41. The smallest absolute Gasteiger partial charge is 0.217 e. The summed E-state index contributed by atoms with van der Waals surface area (Å²) in [7, 11) is 0. The molecule has 3 nitrogen and oxygen atoms in total. The van der Waals surface area contributed by atoms with Crippen molar-refractivity contribution in [3.8, 4) is 0 Å². The lowest BCUT2D eigenvalue weighted by molar-refractivity contribution is -0.125. The molecule has 0 aliphatic heterocycles. The maximum absolute atomic E-state index is 10.5. The van der Waals surface area contributed by atoms with Gasteiger partial charge < -0.3 is 10.4 Å². The molecule has 1 fully saturated rings. The van der Waals surface area contributed by atoms with E-state index in [0.29, 0.717) is 0 Å². The van der Waals surface area contributed by atoms with Crippen LogP contribution in [-0.4, -0.2) is 22.7 Å². The molecule has 2 atom stereocenters. The second-order valence-electron chi connectivity index (χ2n) is 3.15. The third-order valence-electron chi connectivity index (χ3n) is 2.07. The predicted octanol–water partition coefficient (Wildman–Crippen LogP) is 0.0359. The van der Waals surface area contributed by atoms with E-state index in [2.05, 4.69) is 5.32 Å². The van der Waals surface area contributed by atoms with Crippen molar-refractivity contribution in [3.63, 3.8) is 0 Å². The van der Waals surface area contributed by atoms with Gasteiger partial charge in [-0.3, -0.25) is 4.79 Å². The number of aliphatic hydroxyl groups is 1. The monoisotopic (exact) mass is 143 g/mol. The van der Waals surface area contributed by atoms with Gasteiger partial charge in [0.05, 0.1) is 11.6 Å². The number of hydrogen-bond acceptors (Lipinski definition) is 2. The fourth-order valence-electron chi connectivity index (χ4n) is 1.18. The Kier molecular flexibility index (Phi) is 1.68. The summed E-state index contributed by atoms with van der Waals surface area (Å²) in [5.74, 6) is -0.0648. The van der Waals surface area contributed by atoms with Crippen molar-refractivity contribution in [2.75, 3.05) is 0 Å². The van der Waals surface area contributed by atoms with Crippen LogP contribution in [0.3, 0.4) is 0 Å². The van der Waals surface area contributed by atoms with E-state index in [1.54, 1.807) is 6.92 Å². The molecular weight excluding hydrogens is 130 g/mol. The number of rotatable bonds is 1. The summed E-state index contributed by atoms with van der Waals surface area (Å²) in [4.78, 5) is 10.5. The third-order valence-corrected chi connectivity index (χ3v) is 2.07. The molecule has 2 N–H and O–H groups in total. The molecule has 1 saturated carbocycles. The van der Waals surface area contributed by atoms with E-state index in [-0.39, 0.29) is 11.9 Å². The van der Waals surface area contributed by atoms with Crippen molar-refractivity contribution in [2.24, 2.45) is 0 Å². The van der Waals surface area contributed by atoms with Gasteiger partial charge in [-0.15, -0.1) is 0 Å². The Bertz CT molecular complexity index is 154. The number of carbonyl (C=O) groups excluding carboxylic acids is 1. The van der Waals surface area contributed by atoms with Gasteiger partial charge in [-0.1, -0.05) is 0 Å². The molecule has 0 aromatic heterocycles. The van der Waals surface area contributed by atoms with Crippen LogP contribution in [0, 0.1) is 0 Å². The Hall–Kier alpha value is -0.570. The van der Waals surface area contributed by atoms with E-state index in [4.69, 9.17) is 0 Å². The van der Waals surface area contributed by atoms with Crippen LogP contribution in [0.4, 0.5) is 0 Å². The highest BCUT2D eigenvalue weighted by Crippen LogP contribution is 2.31. The molecule has 2 unspecified atom stereocenters. The summed E-state index contributed by atoms with van der Waals surface area (Å²) >= 11 is 0. The molecule has 58 valence electrons. The van der Waals surface area contributed by atoms with Crippen LogP contribution in [0.5, 0.6) is 0 Å². The van der Waals surface area contributed by atoms with Crippen molar-refractivity contribution in [2.45, 2.75) is 38.3 Å². The number of hydrogen-bond donors (Lipinski definition) is 2. The Morgan fingerprint density at radius 3 is 2.50 bits per heavy atom. The first-order chi connectivity index (χ1) is 4.52. The number of carbonyl (C=O) groups is 1.